The van der Waals surface area contributed by atoms with E-state index < -0.39 is 5.91 Å². The first-order chi connectivity index (χ1) is 12.2. The predicted octanol–water partition coefficient (Wildman–Crippen LogP) is 3.05. The van der Waals surface area contributed by atoms with E-state index in [2.05, 4.69) is 15.5 Å². The third-order valence-corrected chi connectivity index (χ3v) is 3.94. The average molecular weight is 358 g/mol. The lowest BCUT2D eigenvalue weighted by atomic mass is 10.2. The Morgan fingerprint density at radius 2 is 1.96 bits per heavy atom. The number of halogens is 1. The minimum atomic E-state index is -0.469. The Hall–Kier alpha value is -3.06. The second-order valence-corrected chi connectivity index (χ2v) is 5.67. The normalized spacial score (nSPS) is 12.2. The Labute approximate surface area is 147 Å². The molecule has 0 saturated heterocycles. The predicted molar refractivity (Wildman–Crippen MR) is 88.5 cm³/mol. The second kappa shape index (κ2) is 6.45. The van der Waals surface area contributed by atoms with Gasteiger partial charge in [-0.3, -0.25) is 4.79 Å². The van der Waals surface area contributed by atoms with Gasteiger partial charge in [-0.1, -0.05) is 29.8 Å². The van der Waals surface area contributed by atoms with Gasteiger partial charge in [0.2, 0.25) is 12.7 Å². The van der Waals surface area contributed by atoms with Crippen molar-refractivity contribution >= 4 is 17.5 Å². The van der Waals surface area contributed by atoms with Gasteiger partial charge in [-0.05, 0) is 29.8 Å². The summed E-state index contributed by atoms with van der Waals surface area (Å²) in [5.74, 6) is 0.944. The molecule has 3 aromatic rings. The van der Waals surface area contributed by atoms with Crippen LogP contribution < -0.4 is 14.8 Å². The maximum atomic E-state index is 12.2. The molecule has 126 valence electrons. The highest BCUT2D eigenvalue weighted by molar-refractivity contribution is 6.33. The lowest BCUT2D eigenvalue weighted by Gasteiger charge is -2.04. The Balaban J connectivity index is 1.44. The van der Waals surface area contributed by atoms with Crippen molar-refractivity contribution in [1.82, 2.24) is 15.5 Å². The van der Waals surface area contributed by atoms with E-state index in [1.165, 1.54) is 0 Å². The third kappa shape index (κ3) is 3.14. The zero-order valence-electron chi connectivity index (χ0n) is 12.9. The molecule has 1 aliphatic heterocycles. The molecule has 4 rings (SSSR count). The molecule has 2 heterocycles. The molecule has 1 amide bonds. The van der Waals surface area contributed by atoms with Crippen LogP contribution in [0.25, 0.3) is 11.5 Å². The van der Waals surface area contributed by atoms with Crippen LogP contribution in [0.3, 0.4) is 0 Å². The van der Waals surface area contributed by atoms with Crippen LogP contribution in [-0.4, -0.2) is 22.9 Å². The molecular weight excluding hydrogens is 346 g/mol. The molecule has 1 N–H and O–H groups in total. The fraction of sp³-hybridized carbons (Fsp3) is 0.118. The van der Waals surface area contributed by atoms with Crippen LogP contribution in [0.4, 0.5) is 0 Å². The van der Waals surface area contributed by atoms with E-state index in [-0.39, 0.29) is 18.6 Å². The van der Waals surface area contributed by atoms with Crippen LogP contribution in [0.1, 0.15) is 16.2 Å². The minimum absolute atomic E-state index is 0.129. The number of carbonyl (C=O) groups is 1. The molecule has 0 saturated carbocycles. The van der Waals surface area contributed by atoms with E-state index in [1.54, 1.807) is 30.3 Å². The summed E-state index contributed by atoms with van der Waals surface area (Å²) in [5, 5.41) is 10.8. The van der Waals surface area contributed by atoms with Gasteiger partial charge in [0.15, 0.2) is 11.5 Å². The van der Waals surface area contributed by atoms with Gasteiger partial charge >= 0.3 is 11.8 Å². The van der Waals surface area contributed by atoms with Gasteiger partial charge in [0.1, 0.15) is 0 Å². The van der Waals surface area contributed by atoms with E-state index >= 15 is 0 Å². The number of aromatic nitrogens is 2. The van der Waals surface area contributed by atoms with Crippen molar-refractivity contribution in [3.8, 4) is 23.0 Å². The number of rotatable bonds is 4. The van der Waals surface area contributed by atoms with Crippen molar-refractivity contribution in [2.24, 2.45) is 0 Å². The monoisotopic (exact) mass is 357 g/mol. The Bertz CT molecular complexity index is 941. The van der Waals surface area contributed by atoms with Crippen molar-refractivity contribution in [2.45, 2.75) is 6.54 Å². The Morgan fingerprint density at radius 3 is 2.84 bits per heavy atom. The maximum absolute atomic E-state index is 12.2. The number of carbonyl (C=O) groups excluding carboxylic acids is 1. The van der Waals surface area contributed by atoms with E-state index in [1.807, 2.05) is 12.1 Å². The largest absolute Gasteiger partial charge is 0.454 e. The van der Waals surface area contributed by atoms with Gasteiger partial charge in [-0.25, -0.2) is 0 Å². The van der Waals surface area contributed by atoms with E-state index in [0.717, 1.165) is 5.56 Å². The van der Waals surface area contributed by atoms with Crippen molar-refractivity contribution in [3.05, 3.63) is 58.9 Å². The summed E-state index contributed by atoms with van der Waals surface area (Å²) in [7, 11) is 0. The Morgan fingerprint density at radius 1 is 1.12 bits per heavy atom. The number of nitrogens with zero attached hydrogens (tertiary/aromatic N) is 2. The smallest absolute Gasteiger partial charge is 0.309 e. The topological polar surface area (TPSA) is 86.5 Å². The first-order valence-corrected chi connectivity index (χ1v) is 7.83. The number of hydrogen-bond acceptors (Lipinski definition) is 6. The SMILES string of the molecule is O=C(NCc1ccc2c(c1)OCO2)c1nnc(-c2ccccc2Cl)o1. The lowest BCUT2D eigenvalue weighted by molar-refractivity contribution is 0.0916. The first-order valence-electron chi connectivity index (χ1n) is 7.46. The van der Waals surface area contributed by atoms with Crippen molar-refractivity contribution in [2.75, 3.05) is 6.79 Å². The minimum Gasteiger partial charge on any atom is -0.454 e. The van der Waals surface area contributed by atoms with Crippen LogP contribution in [-0.2, 0) is 6.54 Å². The van der Waals surface area contributed by atoms with Crippen LogP contribution in [0.5, 0.6) is 11.5 Å². The number of ether oxygens (including phenoxy) is 2. The van der Waals surface area contributed by atoms with Gasteiger partial charge in [0, 0.05) is 6.54 Å². The molecule has 25 heavy (non-hydrogen) atoms. The maximum Gasteiger partial charge on any atom is 0.309 e. The van der Waals surface area contributed by atoms with E-state index in [9.17, 15) is 4.79 Å². The molecule has 8 heteroatoms. The molecule has 0 spiro atoms. The summed E-state index contributed by atoms with van der Waals surface area (Å²) in [4.78, 5) is 12.2. The standard InChI is InChI=1S/C17H12ClN3O4/c18-12-4-2-1-3-11(12)16-20-21-17(25-16)15(22)19-8-10-5-6-13-14(7-10)24-9-23-13/h1-7H,8-9H2,(H,19,22). The fourth-order valence-corrected chi connectivity index (χ4v) is 2.58. The van der Waals surface area contributed by atoms with Crippen molar-refractivity contribution < 1.29 is 18.7 Å². The number of amides is 1. The zero-order chi connectivity index (χ0) is 17.2. The summed E-state index contributed by atoms with van der Waals surface area (Å²) >= 11 is 6.08. The van der Waals surface area contributed by atoms with Crippen LogP contribution in [0.15, 0.2) is 46.9 Å². The van der Waals surface area contributed by atoms with Gasteiger partial charge in [-0.2, -0.15) is 0 Å². The van der Waals surface area contributed by atoms with Gasteiger partial charge in [-0.15, -0.1) is 10.2 Å². The lowest BCUT2D eigenvalue weighted by Crippen LogP contribution is -2.23. The average Bonchev–Trinajstić information content (AvgIpc) is 3.29. The number of hydrogen-bond donors (Lipinski definition) is 1. The summed E-state index contributed by atoms with van der Waals surface area (Å²) in [6.07, 6.45) is 0. The molecule has 0 atom stereocenters. The highest BCUT2D eigenvalue weighted by Gasteiger charge is 2.18. The van der Waals surface area contributed by atoms with Gasteiger partial charge in [0.05, 0.1) is 10.6 Å². The Kier molecular flexibility index (Phi) is 3.99. The summed E-state index contributed by atoms with van der Waals surface area (Å²) in [6, 6.07) is 12.5. The highest BCUT2D eigenvalue weighted by Crippen LogP contribution is 2.32. The summed E-state index contributed by atoms with van der Waals surface area (Å²) in [6.45, 7) is 0.497. The zero-order valence-corrected chi connectivity index (χ0v) is 13.6. The van der Waals surface area contributed by atoms with Gasteiger partial charge in [0.25, 0.3) is 0 Å². The molecule has 0 unspecified atom stereocenters. The van der Waals surface area contributed by atoms with E-state index in [4.69, 9.17) is 25.5 Å². The molecule has 1 aromatic heterocycles. The molecule has 7 nitrogen and oxygen atoms in total. The first kappa shape index (κ1) is 15.5. The molecular formula is C17H12ClN3O4. The van der Waals surface area contributed by atoms with Crippen LogP contribution in [0, 0.1) is 0 Å². The molecule has 0 fully saturated rings. The quantitative estimate of drug-likeness (QED) is 0.772. The molecule has 0 radical (unpaired) electrons. The highest BCUT2D eigenvalue weighted by atomic mass is 35.5. The third-order valence-electron chi connectivity index (χ3n) is 3.61. The molecule has 2 aromatic carbocycles. The van der Waals surface area contributed by atoms with Crippen LogP contribution >= 0.6 is 11.6 Å². The van der Waals surface area contributed by atoms with Crippen LogP contribution in [0.2, 0.25) is 5.02 Å². The summed E-state index contributed by atoms with van der Waals surface area (Å²) in [5.41, 5.74) is 1.44. The van der Waals surface area contributed by atoms with Crippen molar-refractivity contribution in [3.63, 3.8) is 0 Å². The van der Waals surface area contributed by atoms with E-state index in [0.29, 0.717) is 28.6 Å². The molecule has 0 bridgehead atoms. The molecule has 0 aliphatic carbocycles. The van der Waals surface area contributed by atoms with Crippen molar-refractivity contribution in [1.29, 1.82) is 0 Å². The van der Waals surface area contributed by atoms with Gasteiger partial charge < -0.3 is 19.2 Å². The number of nitrogens with one attached hydrogen (secondary N) is 1. The molecule has 1 aliphatic rings. The number of benzene rings is 2. The number of fused-ring (bicyclic) bond motifs is 1. The fourth-order valence-electron chi connectivity index (χ4n) is 2.37. The summed E-state index contributed by atoms with van der Waals surface area (Å²) < 4.78 is 16.0. The second-order valence-electron chi connectivity index (χ2n) is 5.26.